The minimum absolute atomic E-state index is 0.153. The number of nitrogens with one attached hydrogen (secondary N) is 1. The summed E-state index contributed by atoms with van der Waals surface area (Å²) in [4.78, 5) is 22.4. The normalized spacial score (nSPS) is 11.9. The molecule has 0 saturated carbocycles. The Bertz CT molecular complexity index is 436. The minimum atomic E-state index is -1.07. The second-order valence-electron chi connectivity index (χ2n) is 3.69. The second-order valence-corrected chi connectivity index (χ2v) is 4.54. The number of carboxylic acids is 1. The molecule has 0 aromatic heterocycles. The molecule has 1 rings (SSSR count). The lowest BCUT2D eigenvalue weighted by Gasteiger charge is -2.15. The van der Waals surface area contributed by atoms with Gasteiger partial charge >= 0.3 is 5.97 Å². The zero-order valence-electron chi connectivity index (χ0n) is 9.85. The maximum absolute atomic E-state index is 11.3. The van der Waals surface area contributed by atoms with Crippen LogP contribution in [0.3, 0.4) is 0 Å². The average Bonchev–Trinajstić information content (AvgIpc) is 2.31. The smallest absolute Gasteiger partial charge is 0.326 e. The van der Waals surface area contributed by atoms with E-state index in [0.717, 1.165) is 10.0 Å². The first-order valence-corrected chi connectivity index (χ1v) is 6.08. The number of aliphatic carboxylic acids is 1. The van der Waals surface area contributed by atoms with Crippen LogP contribution in [0.4, 0.5) is 0 Å². The van der Waals surface area contributed by atoms with Crippen molar-refractivity contribution in [2.24, 2.45) is 0 Å². The number of benzene rings is 1. The highest BCUT2D eigenvalue weighted by atomic mass is 79.9. The predicted octanol–water partition coefficient (Wildman–Crippen LogP) is 1.21. The standard InChI is InChI=1S/C12H14BrNO4/c1-18-7-11(15)14-10(12(16)17)6-8-4-2-3-5-9(8)13/h2-5,10H,6-7H2,1H3,(H,14,15)(H,16,17)/t10-/m1/s1. The Morgan fingerprint density at radius 2 is 2.11 bits per heavy atom. The molecule has 1 atom stereocenters. The van der Waals surface area contributed by atoms with Gasteiger partial charge in [-0.2, -0.15) is 0 Å². The zero-order chi connectivity index (χ0) is 13.5. The number of amides is 1. The van der Waals surface area contributed by atoms with E-state index in [4.69, 9.17) is 5.11 Å². The largest absolute Gasteiger partial charge is 0.480 e. The fourth-order valence-corrected chi connectivity index (χ4v) is 1.90. The van der Waals surface area contributed by atoms with E-state index in [1.165, 1.54) is 7.11 Å². The Balaban J connectivity index is 2.72. The van der Waals surface area contributed by atoms with Gasteiger partial charge in [0.2, 0.25) is 5.91 Å². The summed E-state index contributed by atoms with van der Waals surface area (Å²) in [6, 6.07) is 6.32. The van der Waals surface area contributed by atoms with Gasteiger partial charge in [-0.1, -0.05) is 34.1 Å². The monoisotopic (exact) mass is 315 g/mol. The highest BCUT2D eigenvalue weighted by Gasteiger charge is 2.21. The lowest BCUT2D eigenvalue weighted by molar-refractivity contribution is -0.142. The molecule has 0 saturated heterocycles. The summed E-state index contributed by atoms with van der Waals surface area (Å²) >= 11 is 3.34. The van der Waals surface area contributed by atoms with Crippen molar-refractivity contribution < 1.29 is 19.4 Å². The quantitative estimate of drug-likeness (QED) is 0.827. The molecule has 6 heteroatoms. The molecule has 1 aromatic carbocycles. The summed E-state index contributed by atoms with van der Waals surface area (Å²) in [5, 5.41) is 11.5. The third-order valence-electron chi connectivity index (χ3n) is 2.29. The van der Waals surface area contributed by atoms with Gasteiger partial charge in [0.15, 0.2) is 0 Å². The van der Waals surface area contributed by atoms with Gasteiger partial charge < -0.3 is 15.2 Å². The summed E-state index contributed by atoms with van der Waals surface area (Å²) in [6.45, 7) is -0.153. The van der Waals surface area contributed by atoms with Crippen molar-refractivity contribution in [1.29, 1.82) is 0 Å². The van der Waals surface area contributed by atoms with Crippen LogP contribution in [0.25, 0.3) is 0 Å². The van der Waals surface area contributed by atoms with Gasteiger partial charge in [-0.3, -0.25) is 4.79 Å². The molecule has 1 aromatic rings. The van der Waals surface area contributed by atoms with E-state index in [9.17, 15) is 9.59 Å². The van der Waals surface area contributed by atoms with Crippen LogP contribution in [0.15, 0.2) is 28.7 Å². The molecule has 0 unspecified atom stereocenters. The number of carbonyl (C=O) groups is 2. The van der Waals surface area contributed by atoms with Crippen LogP contribution < -0.4 is 5.32 Å². The summed E-state index contributed by atoms with van der Waals surface area (Å²) in [7, 11) is 1.38. The maximum atomic E-state index is 11.3. The van der Waals surface area contributed by atoms with Crippen LogP contribution in [-0.4, -0.2) is 36.7 Å². The van der Waals surface area contributed by atoms with Crippen LogP contribution in [0.2, 0.25) is 0 Å². The number of hydrogen-bond donors (Lipinski definition) is 2. The first kappa shape index (κ1) is 14.7. The zero-order valence-corrected chi connectivity index (χ0v) is 11.4. The van der Waals surface area contributed by atoms with Crippen LogP contribution in [0.1, 0.15) is 5.56 Å². The molecular formula is C12H14BrNO4. The Hall–Kier alpha value is -1.40. The molecule has 0 fully saturated rings. The third kappa shape index (κ3) is 4.46. The summed E-state index contributed by atoms with van der Waals surface area (Å²) in [6.07, 6.45) is 0.214. The topological polar surface area (TPSA) is 75.6 Å². The first-order chi connectivity index (χ1) is 8.54. The SMILES string of the molecule is COCC(=O)N[C@H](Cc1ccccc1Br)C(=O)O. The van der Waals surface area contributed by atoms with E-state index in [2.05, 4.69) is 26.0 Å². The lowest BCUT2D eigenvalue weighted by atomic mass is 10.1. The number of methoxy groups -OCH3 is 1. The van der Waals surface area contributed by atoms with Crippen molar-refractivity contribution in [3.8, 4) is 0 Å². The number of halogens is 1. The number of carbonyl (C=O) groups excluding carboxylic acids is 1. The summed E-state index contributed by atoms with van der Waals surface area (Å²) < 4.78 is 5.46. The predicted molar refractivity (Wildman–Crippen MR) is 69.3 cm³/mol. The molecule has 0 radical (unpaired) electrons. The Morgan fingerprint density at radius 1 is 1.44 bits per heavy atom. The molecule has 0 aliphatic heterocycles. The second kappa shape index (κ2) is 7.13. The van der Waals surface area contributed by atoms with Gasteiger partial charge in [-0.05, 0) is 11.6 Å². The van der Waals surface area contributed by atoms with Crippen molar-refractivity contribution in [2.75, 3.05) is 13.7 Å². The molecule has 0 aliphatic carbocycles. The van der Waals surface area contributed by atoms with Gasteiger partial charge in [0.05, 0.1) is 0 Å². The molecule has 0 heterocycles. The maximum Gasteiger partial charge on any atom is 0.326 e. The Kier molecular flexibility index (Phi) is 5.80. The van der Waals surface area contributed by atoms with Crippen molar-refractivity contribution >= 4 is 27.8 Å². The van der Waals surface area contributed by atoms with Gasteiger partial charge in [-0.25, -0.2) is 4.79 Å². The molecule has 5 nitrogen and oxygen atoms in total. The Labute approximate surface area is 113 Å². The number of carboxylic acid groups (broad SMARTS) is 1. The van der Waals surface area contributed by atoms with E-state index in [1.54, 1.807) is 0 Å². The highest BCUT2D eigenvalue weighted by molar-refractivity contribution is 9.10. The molecule has 0 bridgehead atoms. The molecular weight excluding hydrogens is 302 g/mol. The fourth-order valence-electron chi connectivity index (χ4n) is 1.45. The van der Waals surface area contributed by atoms with E-state index >= 15 is 0 Å². The number of hydrogen-bond acceptors (Lipinski definition) is 3. The number of ether oxygens (including phenoxy) is 1. The Morgan fingerprint density at radius 3 is 2.67 bits per heavy atom. The minimum Gasteiger partial charge on any atom is -0.480 e. The van der Waals surface area contributed by atoms with E-state index in [-0.39, 0.29) is 13.0 Å². The van der Waals surface area contributed by atoms with Gasteiger partial charge in [0, 0.05) is 18.0 Å². The fraction of sp³-hybridized carbons (Fsp3) is 0.333. The van der Waals surface area contributed by atoms with E-state index in [1.807, 2.05) is 24.3 Å². The lowest BCUT2D eigenvalue weighted by Crippen LogP contribution is -2.43. The molecule has 1 amide bonds. The summed E-state index contributed by atoms with van der Waals surface area (Å²) in [5.74, 6) is -1.52. The summed E-state index contributed by atoms with van der Waals surface area (Å²) in [5.41, 5.74) is 0.822. The van der Waals surface area contributed by atoms with Crippen LogP contribution in [0, 0.1) is 0 Å². The molecule has 18 heavy (non-hydrogen) atoms. The van der Waals surface area contributed by atoms with Crippen LogP contribution >= 0.6 is 15.9 Å². The van der Waals surface area contributed by atoms with Crippen molar-refractivity contribution in [1.82, 2.24) is 5.32 Å². The van der Waals surface area contributed by atoms with Crippen molar-refractivity contribution in [3.63, 3.8) is 0 Å². The molecule has 0 spiro atoms. The van der Waals surface area contributed by atoms with E-state index < -0.39 is 17.9 Å². The van der Waals surface area contributed by atoms with Gasteiger partial charge in [0.1, 0.15) is 12.6 Å². The molecule has 2 N–H and O–H groups in total. The van der Waals surface area contributed by atoms with Gasteiger partial charge in [0.25, 0.3) is 0 Å². The van der Waals surface area contributed by atoms with E-state index in [0.29, 0.717) is 0 Å². The number of rotatable bonds is 6. The van der Waals surface area contributed by atoms with Crippen molar-refractivity contribution in [2.45, 2.75) is 12.5 Å². The van der Waals surface area contributed by atoms with Crippen molar-refractivity contribution in [3.05, 3.63) is 34.3 Å². The van der Waals surface area contributed by atoms with Crippen LogP contribution in [0.5, 0.6) is 0 Å². The molecule has 98 valence electrons. The molecule has 0 aliphatic rings. The first-order valence-electron chi connectivity index (χ1n) is 5.29. The van der Waals surface area contributed by atoms with Crippen LogP contribution in [-0.2, 0) is 20.7 Å². The average molecular weight is 316 g/mol. The van der Waals surface area contributed by atoms with Gasteiger partial charge in [-0.15, -0.1) is 0 Å². The third-order valence-corrected chi connectivity index (χ3v) is 3.06. The highest BCUT2D eigenvalue weighted by Crippen LogP contribution is 2.17.